The summed E-state index contributed by atoms with van der Waals surface area (Å²) in [4.78, 5) is 12.5. The van der Waals surface area contributed by atoms with Gasteiger partial charge in [-0.1, -0.05) is 57.5 Å². The number of amides is 1. The van der Waals surface area contributed by atoms with E-state index in [1.807, 2.05) is 54.6 Å². The molecule has 0 aliphatic heterocycles. The van der Waals surface area contributed by atoms with Crippen molar-refractivity contribution in [1.82, 2.24) is 0 Å². The smallest absolute Gasteiger partial charge is 0.266 e. The number of nitrogens with zero attached hydrogens (tertiary/aromatic N) is 1. The first-order valence-corrected chi connectivity index (χ1v) is 9.30. The molecule has 1 amide bonds. The lowest BCUT2D eigenvalue weighted by Crippen LogP contribution is -2.15. The van der Waals surface area contributed by atoms with Crippen LogP contribution in [0.4, 0.5) is 5.69 Å². The molecule has 0 aromatic heterocycles. The Balaban J connectivity index is 2.12. The Bertz CT molecular complexity index is 830. The number of benzene rings is 2. The van der Waals surface area contributed by atoms with Crippen LogP contribution in [-0.4, -0.2) is 12.5 Å². The number of para-hydroxylation sites is 1. The first-order chi connectivity index (χ1) is 13.0. The number of nitriles is 1. The third kappa shape index (κ3) is 6.00. The molecule has 2 rings (SSSR count). The van der Waals surface area contributed by atoms with Crippen molar-refractivity contribution in [2.24, 2.45) is 0 Å². The van der Waals surface area contributed by atoms with Crippen molar-refractivity contribution in [3.8, 4) is 11.8 Å². The molecule has 0 aliphatic rings. The predicted octanol–water partition coefficient (Wildman–Crippen LogP) is 5.53. The monoisotopic (exact) mass is 362 g/mol. The van der Waals surface area contributed by atoms with Crippen molar-refractivity contribution in [2.45, 2.75) is 39.5 Å². The number of ether oxygens (including phenoxy) is 1. The van der Waals surface area contributed by atoms with Crippen molar-refractivity contribution in [2.75, 3.05) is 11.9 Å². The highest BCUT2D eigenvalue weighted by Gasteiger charge is 2.13. The van der Waals surface area contributed by atoms with E-state index in [0.717, 1.165) is 35.4 Å². The van der Waals surface area contributed by atoms with E-state index in [2.05, 4.69) is 26.1 Å². The van der Waals surface area contributed by atoms with Crippen LogP contribution >= 0.6 is 0 Å². The van der Waals surface area contributed by atoms with Gasteiger partial charge in [-0.25, -0.2) is 0 Å². The summed E-state index contributed by atoms with van der Waals surface area (Å²) >= 11 is 0. The third-order valence-corrected chi connectivity index (χ3v) is 4.15. The van der Waals surface area contributed by atoms with Gasteiger partial charge < -0.3 is 10.1 Å². The van der Waals surface area contributed by atoms with Crippen molar-refractivity contribution < 1.29 is 9.53 Å². The highest BCUT2D eigenvalue weighted by atomic mass is 16.5. The second-order valence-electron chi connectivity index (χ2n) is 6.64. The molecule has 4 nitrogen and oxygen atoms in total. The van der Waals surface area contributed by atoms with Crippen LogP contribution in [0.1, 0.15) is 50.7 Å². The van der Waals surface area contributed by atoms with Crippen LogP contribution in [0.2, 0.25) is 0 Å². The van der Waals surface area contributed by atoms with Gasteiger partial charge in [0.15, 0.2) is 0 Å². The Labute approximate surface area is 161 Å². The standard InChI is InChI=1S/C23H26N2O2/c1-4-5-14-27-20-12-10-18(11-13-20)15-19(16-24)23(26)25-22-9-7-6-8-21(22)17(2)3/h6-13,15,17H,4-5,14H2,1-3H3,(H,25,26)/b19-15+. The maximum absolute atomic E-state index is 12.5. The minimum Gasteiger partial charge on any atom is -0.494 e. The molecule has 0 saturated heterocycles. The maximum atomic E-state index is 12.5. The molecule has 4 heteroatoms. The van der Waals surface area contributed by atoms with Crippen LogP contribution in [0.5, 0.6) is 5.75 Å². The topological polar surface area (TPSA) is 62.1 Å². The lowest BCUT2D eigenvalue weighted by atomic mass is 10.0. The summed E-state index contributed by atoms with van der Waals surface area (Å²) < 4.78 is 5.63. The number of anilines is 1. The van der Waals surface area contributed by atoms with E-state index >= 15 is 0 Å². The Kier molecular flexibility index (Phi) is 7.63. The Morgan fingerprint density at radius 1 is 1.19 bits per heavy atom. The summed E-state index contributed by atoms with van der Waals surface area (Å²) in [5.74, 6) is 0.652. The zero-order chi connectivity index (χ0) is 19.6. The molecule has 0 unspecified atom stereocenters. The van der Waals surface area contributed by atoms with Crippen LogP contribution in [0.25, 0.3) is 6.08 Å². The van der Waals surface area contributed by atoms with Crippen LogP contribution in [0.3, 0.4) is 0 Å². The van der Waals surface area contributed by atoms with E-state index in [4.69, 9.17) is 4.74 Å². The fourth-order valence-electron chi connectivity index (χ4n) is 2.61. The van der Waals surface area contributed by atoms with E-state index in [-0.39, 0.29) is 11.5 Å². The van der Waals surface area contributed by atoms with Gasteiger partial charge in [0, 0.05) is 5.69 Å². The summed E-state index contributed by atoms with van der Waals surface area (Å²) in [6.07, 6.45) is 3.68. The van der Waals surface area contributed by atoms with Gasteiger partial charge in [-0.3, -0.25) is 4.79 Å². The molecule has 27 heavy (non-hydrogen) atoms. The second kappa shape index (κ2) is 10.2. The minimum absolute atomic E-state index is 0.0632. The van der Waals surface area contributed by atoms with Crippen molar-refractivity contribution in [3.05, 3.63) is 65.2 Å². The zero-order valence-corrected chi connectivity index (χ0v) is 16.2. The first-order valence-electron chi connectivity index (χ1n) is 9.30. The first kappa shape index (κ1) is 20.3. The number of hydrogen-bond donors (Lipinski definition) is 1. The molecule has 140 valence electrons. The summed E-state index contributed by atoms with van der Waals surface area (Å²) in [6.45, 7) is 6.93. The van der Waals surface area contributed by atoms with Crippen LogP contribution in [0, 0.1) is 11.3 Å². The van der Waals surface area contributed by atoms with E-state index in [1.54, 1.807) is 6.08 Å². The summed E-state index contributed by atoms with van der Waals surface area (Å²) in [6, 6.07) is 17.0. The normalized spacial score (nSPS) is 11.1. The molecule has 0 fully saturated rings. The quantitative estimate of drug-likeness (QED) is 0.381. The molecular weight excluding hydrogens is 336 g/mol. The van der Waals surface area contributed by atoms with Crippen molar-refractivity contribution >= 4 is 17.7 Å². The Morgan fingerprint density at radius 2 is 1.89 bits per heavy atom. The van der Waals surface area contributed by atoms with E-state index < -0.39 is 5.91 Å². The highest BCUT2D eigenvalue weighted by Crippen LogP contribution is 2.24. The average Bonchev–Trinajstić information content (AvgIpc) is 2.67. The summed E-state index contributed by atoms with van der Waals surface area (Å²) in [5.41, 5.74) is 2.62. The fraction of sp³-hybridized carbons (Fsp3) is 0.304. The van der Waals surface area contributed by atoms with E-state index in [9.17, 15) is 10.1 Å². The molecule has 2 aromatic carbocycles. The van der Waals surface area contributed by atoms with Crippen molar-refractivity contribution in [1.29, 1.82) is 5.26 Å². The van der Waals surface area contributed by atoms with Gasteiger partial charge in [0.05, 0.1) is 6.61 Å². The lowest BCUT2D eigenvalue weighted by Gasteiger charge is -2.13. The number of carbonyl (C=O) groups excluding carboxylic acids is 1. The Morgan fingerprint density at radius 3 is 2.52 bits per heavy atom. The summed E-state index contributed by atoms with van der Waals surface area (Å²) in [5, 5.41) is 12.3. The number of nitrogens with one attached hydrogen (secondary N) is 1. The largest absolute Gasteiger partial charge is 0.494 e. The van der Waals surface area contributed by atoms with Crippen molar-refractivity contribution in [3.63, 3.8) is 0 Å². The average molecular weight is 362 g/mol. The van der Waals surface area contributed by atoms with E-state index in [1.165, 1.54) is 0 Å². The van der Waals surface area contributed by atoms with Crippen LogP contribution in [-0.2, 0) is 4.79 Å². The number of unbranched alkanes of at least 4 members (excludes halogenated alkanes) is 1. The molecule has 0 heterocycles. The molecular formula is C23H26N2O2. The third-order valence-electron chi connectivity index (χ3n) is 4.15. The van der Waals surface area contributed by atoms with Gasteiger partial charge in [-0.15, -0.1) is 0 Å². The van der Waals surface area contributed by atoms with Gasteiger partial charge in [0.25, 0.3) is 5.91 Å². The molecule has 0 radical (unpaired) electrons. The summed E-state index contributed by atoms with van der Waals surface area (Å²) in [7, 11) is 0. The number of carbonyl (C=O) groups is 1. The van der Waals surface area contributed by atoms with Gasteiger partial charge in [-0.2, -0.15) is 5.26 Å². The molecule has 0 atom stereocenters. The van der Waals surface area contributed by atoms with E-state index in [0.29, 0.717) is 6.61 Å². The molecule has 0 saturated carbocycles. The highest BCUT2D eigenvalue weighted by molar-refractivity contribution is 6.10. The van der Waals surface area contributed by atoms with Gasteiger partial charge >= 0.3 is 0 Å². The molecule has 2 aromatic rings. The molecule has 0 aliphatic carbocycles. The minimum atomic E-state index is -0.408. The molecule has 1 N–H and O–H groups in total. The second-order valence-corrected chi connectivity index (χ2v) is 6.64. The van der Waals surface area contributed by atoms with Gasteiger partial charge in [-0.05, 0) is 47.7 Å². The maximum Gasteiger partial charge on any atom is 0.266 e. The van der Waals surface area contributed by atoms with Crippen LogP contribution < -0.4 is 10.1 Å². The SMILES string of the molecule is CCCCOc1ccc(/C=C(\C#N)C(=O)Nc2ccccc2C(C)C)cc1. The zero-order valence-electron chi connectivity index (χ0n) is 16.2. The Hall–Kier alpha value is -3.06. The lowest BCUT2D eigenvalue weighted by molar-refractivity contribution is -0.112. The number of hydrogen-bond acceptors (Lipinski definition) is 3. The molecule has 0 bridgehead atoms. The van der Waals surface area contributed by atoms with Crippen LogP contribution in [0.15, 0.2) is 54.1 Å². The predicted molar refractivity (Wildman–Crippen MR) is 110 cm³/mol. The fourth-order valence-corrected chi connectivity index (χ4v) is 2.61. The van der Waals surface area contributed by atoms with Gasteiger partial charge in [0.2, 0.25) is 0 Å². The molecule has 0 spiro atoms. The number of rotatable bonds is 8. The van der Waals surface area contributed by atoms with Gasteiger partial charge in [0.1, 0.15) is 17.4 Å².